The molecule has 1 aromatic rings. The summed E-state index contributed by atoms with van der Waals surface area (Å²) in [6.45, 7) is 1.06. The van der Waals surface area contributed by atoms with Crippen LogP contribution >= 0.6 is 0 Å². The van der Waals surface area contributed by atoms with Gasteiger partial charge in [0.15, 0.2) is 6.61 Å². The van der Waals surface area contributed by atoms with E-state index < -0.39 is 5.97 Å². The van der Waals surface area contributed by atoms with Crippen molar-refractivity contribution in [1.82, 2.24) is 9.80 Å². The van der Waals surface area contributed by atoms with Crippen molar-refractivity contribution in [1.29, 1.82) is 0 Å². The average molecular weight is 439 g/mol. The summed E-state index contributed by atoms with van der Waals surface area (Å²) in [6.07, 6.45) is 7.82. The number of ether oxygens (including phenoxy) is 1. The lowest BCUT2D eigenvalue weighted by atomic mass is 9.85. The first kappa shape index (κ1) is 22.2. The molecule has 0 N–H and O–H groups in total. The third kappa shape index (κ3) is 5.09. The quantitative estimate of drug-likeness (QED) is 0.371. The van der Waals surface area contributed by atoms with Gasteiger partial charge in [0.05, 0.1) is 18.3 Å². The third-order valence-electron chi connectivity index (χ3n) is 6.83. The lowest BCUT2D eigenvalue weighted by Gasteiger charge is -2.32. The SMILES string of the molecule is O=C(CCN1C(=O)C2CC=CCC2C1=O)OCC(=O)N1CCC(Cc2ccccc2)CC1. The van der Waals surface area contributed by atoms with E-state index in [-0.39, 0.29) is 49.1 Å². The zero-order valence-electron chi connectivity index (χ0n) is 18.3. The van der Waals surface area contributed by atoms with E-state index in [2.05, 4.69) is 12.1 Å². The number of piperidine rings is 1. The molecule has 0 spiro atoms. The first-order chi connectivity index (χ1) is 15.5. The summed E-state index contributed by atoms with van der Waals surface area (Å²) in [5, 5.41) is 0. The Morgan fingerprint density at radius 3 is 2.19 bits per heavy atom. The zero-order chi connectivity index (χ0) is 22.5. The van der Waals surface area contributed by atoms with E-state index >= 15 is 0 Å². The molecule has 2 fully saturated rings. The van der Waals surface area contributed by atoms with Crippen LogP contribution in [0.5, 0.6) is 0 Å². The number of benzene rings is 1. The number of esters is 1. The van der Waals surface area contributed by atoms with E-state index in [1.807, 2.05) is 30.4 Å². The molecule has 1 aromatic carbocycles. The van der Waals surface area contributed by atoms with Crippen molar-refractivity contribution < 1.29 is 23.9 Å². The summed E-state index contributed by atoms with van der Waals surface area (Å²) in [7, 11) is 0. The lowest BCUT2D eigenvalue weighted by Crippen LogP contribution is -2.41. The highest BCUT2D eigenvalue weighted by Crippen LogP contribution is 2.35. The van der Waals surface area contributed by atoms with Crippen LogP contribution in [0.15, 0.2) is 42.5 Å². The van der Waals surface area contributed by atoms with Crippen LogP contribution < -0.4 is 0 Å². The number of fused-ring (bicyclic) bond motifs is 1. The number of hydrogen-bond donors (Lipinski definition) is 0. The molecular weight excluding hydrogens is 408 g/mol. The van der Waals surface area contributed by atoms with Crippen LogP contribution in [0.1, 0.15) is 37.7 Å². The smallest absolute Gasteiger partial charge is 0.308 e. The maximum absolute atomic E-state index is 12.4. The number of imide groups is 1. The van der Waals surface area contributed by atoms with E-state index in [0.717, 1.165) is 19.3 Å². The molecule has 3 amide bonds. The highest BCUT2D eigenvalue weighted by Gasteiger charge is 2.46. The number of amides is 3. The van der Waals surface area contributed by atoms with Gasteiger partial charge in [0.25, 0.3) is 5.91 Å². The Bertz CT molecular complexity index is 863. The molecule has 2 saturated heterocycles. The summed E-state index contributed by atoms with van der Waals surface area (Å²) < 4.78 is 5.14. The lowest BCUT2D eigenvalue weighted by molar-refractivity contribution is -0.153. The molecule has 2 heterocycles. The average Bonchev–Trinajstić information content (AvgIpc) is 3.07. The molecule has 3 aliphatic rings. The van der Waals surface area contributed by atoms with E-state index in [9.17, 15) is 19.2 Å². The van der Waals surface area contributed by atoms with Crippen LogP contribution in [-0.4, -0.2) is 59.7 Å². The number of carbonyl (C=O) groups is 4. The van der Waals surface area contributed by atoms with Gasteiger partial charge in [0, 0.05) is 19.6 Å². The molecule has 7 heteroatoms. The van der Waals surface area contributed by atoms with Gasteiger partial charge < -0.3 is 9.64 Å². The van der Waals surface area contributed by atoms with Gasteiger partial charge in [-0.3, -0.25) is 24.1 Å². The number of likely N-dealkylation sites (tertiary alicyclic amines) is 2. The topological polar surface area (TPSA) is 84.0 Å². The van der Waals surface area contributed by atoms with Crippen LogP contribution in [0.4, 0.5) is 0 Å². The van der Waals surface area contributed by atoms with Gasteiger partial charge >= 0.3 is 5.97 Å². The van der Waals surface area contributed by atoms with Crippen LogP contribution in [0.25, 0.3) is 0 Å². The summed E-state index contributed by atoms with van der Waals surface area (Å²) in [6, 6.07) is 10.4. The fourth-order valence-electron chi connectivity index (χ4n) is 4.93. The van der Waals surface area contributed by atoms with Crippen molar-refractivity contribution >= 4 is 23.7 Å². The Morgan fingerprint density at radius 1 is 0.938 bits per heavy atom. The van der Waals surface area contributed by atoms with E-state index in [1.165, 1.54) is 10.5 Å². The van der Waals surface area contributed by atoms with Gasteiger partial charge in [-0.1, -0.05) is 42.5 Å². The van der Waals surface area contributed by atoms with Gasteiger partial charge in [-0.25, -0.2) is 0 Å². The fraction of sp³-hybridized carbons (Fsp3) is 0.520. The first-order valence-corrected chi connectivity index (χ1v) is 11.5. The summed E-state index contributed by atoms with van der Waals surface area (Å²) >= 11 is 0. The Labute approximate surface area is 188 Å². The monoisotopic (exact) mass is 438 g/mol. The molecule has 0 bridgehead atoms. The van der Waals surface area contributed by atoms with Crippen LogP contribution in [0.2, 0.25) is 0 Å². The van der Waals surface area contributed by atoms with Crippen molar-refractivity contribution in [3.63, 3.8) is 0 Å². The molecule has 2 unspecified atom stereocenters. The minimum absolute atomic E-state index is 0.0164. The van der Waals surface area contributed by atoms with Crippen LogP contribution in [-0.2, 0) is 30.3 Å². The molecule has 170 valence electrons. The van der Waals surface area contributed by atoms with Crippen LogP contribution in [0, 0.1) is 17.8 Å². The standard InChI is InChI=1S/C25H30N2O5/c28-22(26-13-10-19(11-14-26)16-18-6-2-1-3-7-18)17-32-23(29)12-15-27-24(30)20-8-4-5-9-21(20)25(27)31/h1-7,19-21H,8-17H2. The van der Waals surface area contributed by atoms with E-state index in [0.29, 0.717) is 31.8 Å². The summed E-state index contributed by atoms with van der Waals surface area (Å²) in [4.78, 5) is 52.3. The van der Waals surface area contributed by atoms with Crippen molar-refractivity contribution in [2.75, 3.05) is 26.2 Å². The summed E-state index contributed by atoms with van der Waals surface area (Å²) in [5.74, 6) is -1.20. The van der Waals surface area contributed by atoms with Gasteiger partial charge in [-0.2, -0.15) is 0 Å². The highest BCUT2D eigenvalue weighted by molar-refractivity contribution is 6.05. The number of hydrogen-bond acceptors (Lipinski definition) is 5. The second kappa shape index (κ2) is 10.1. The number of rotatable bonds is 7. The van der Waals surface area contributed by atoms with Crippen molar-refractivity contribution in [2.24, 2.45) is 17.8 Å². The molecular formula is C25H30N2O5. The molecule has 1 aliphatic carbocycles. The first-order valence-electron chi connectivity index (χ1n) is 11.5. The summed E-state index contributed by atoms with van der Waals surface area (Å²) in [5.41, 5.74) is 1.32. The molecule has 32 heavy (non-hydrogen) atoms. The fourth-order valence-corrected chi connectivity index (χ4v) is 4.93. The van der Waals surface area contributed by atoms with Gasteiger partial charge in [-0.15, -0.1) is 0 Å². The van der Waals surface area contributed by atoms with Crippen molar-refractivity contribution in [3.8, 4) is 0 Å². The normalized spacial score (nSPS) is 23.4. The highest BCUT2D eigenvalue weighted by atomic mass is 16.5. The molecule has 0 saturated carbocycles. The van der Waals surface area contributed by atoms with Crippen LogP contribution in [0.3, 0.4) is 0 Å². The molecule has 2 aliphatic heterocycles. The zero-order valence-corrected chi connectivity index (χ0v) is 18.3. The predicted octanol–water partition coefficient (Wildman–Crippen LogP) is 2.35. The third-order valence-corrected chi connectivity index (χ3v) is 6.83. The Hall–Kier alpha value is -2.96. The number of carbonyl (C=O) groups excluding carboxylic acids is 4. The largest absolute Gasteiger partial charge is 0.456 e. The molecule has 4 rings (SSSR count). The molecule has 7 nitrogen and oxygen atoms in total. The Morgan fingerprint density at radius 2 is 1.56 bits per heavy atom. The van der Waals surface area contributed by atoms with Gasteiger partial charge in [0.1, 0.15) is 0 Å². The molecule has 2 atom stereocenters. The van der Waals surface area contributed by atoms with Gasteiger partial charge in [0.2, 0.25) is 11.8 Å². The Balaban J connectivity index is 1.15. The maximum Gasteiger partial charge on any atom is 0.308 e. The number of allylic oxidation sites excluding steroid dienone is 2. The van der Waals surface area contributed by atoms with Crippen molar-refractivity contribution in [2.45, 2.75) is 38.5 Å². The maximum atomic E-state index is 12.4. The predicted molar refractivity (Wildman–Crippen MR) is 117 cm³/mol. The van der Waals surface area contributed by atoms with Crippen molar-refractivity contribution in [3.05, 3.63) is 48.0 Å². The minimum atomic E-state index is -0.564. The van der Waals surface area contributed by atoms with E-state index in [4.69, 9.17) is 4.74 Å². The minimum Gasteiger partial charge on any atom is -0.456 e. The molecule has 0 aromatic heterocycles. The van der Waals surface area contributed by atoms with Gasteiger partial charge in [-0.05, 0) is 43.6 Å². The second-order valence-electron chi connectivity index (χ2n) is 8.91. The van der Waals surface area contributed by atoms with E-state index in [1.54, 1.807) is 4.90 Å². The molecule has 0 radical (unpaired) electrons. The second-order valence-corrected chi connectivity index (χ2v) is 8.91. The Kier molecular flexibility index (Phi) is 7.02. The number of nitrogens with zero attached hydrogens (tertiary/aromatic N) is 2.